The van der Waals surface area contributed by atoms with Gasteiger partial charge in [0.1, 0.15) is 12.9 Å². The summed E-state index contributed by atoms with van der Waals surface area (Å²) in [4.78, 5) is 11.4. The summed E-state index contributed by atoms with van der Waals surface area (Å²) >= 11 is 0. The van der Waals surface area contributed by atoms with Crippen LogP contribution >= 0.6 is 0 Å². The molecule has 2 rings (SSSR count). The number of hydrogen-bond acceptors (Lipinski definition) is 4. The third kappa shape index (κ3) is 4.16. The molecule has 21 heavy (non-hydrogen) atoms. The summed E-state index contributed by atoms with van der Waals surface area (Å²) in [5.74, 6) is 0. The predicted molar refractivity (Wildman–Crippen MR) is 67.0 cm³/mol. The van der Waals surface area contributed by atoms with Gasteiger partial charge in [0.2, 0.25) is 0 Å². The third-order valence-corrected chi connectivity index (χ3v) is 2.51. The van der Waals surface area contributed by atoms with Crippen LogP contribution in [0, 0.1) is 6.92 Å². The van der Waals surface area contributed by atoms with E-state index < -0.39 is 18.8 Å². The summed E-state index contributed by atoms with van der Waals surface area (Å²) in [5, 5.41) is 14.7. The molecule has 1 heterocycles. The van der Waals surface area contributed by atoms with E-state index in [9.17, 15) is 18.0 Å². The molecule has 0 atom stereocenters. The predicted octanol–water partition coefficient (Wildman–Crippen LogP) is 1.65. The fraction of sp³-hybridized carbons (Fsp3) is 0.273. The van der Waals surface area contributed by atoms with Crippen molar-refractivity contribution in [2.45, 2.75) is 13.1 Å². The average Bonchev–Trinajstić information content (AvgIpc) is 2.92. The number of carbonyl (C=O) groups excluding carboxylic acids is 1. The van der Waals surface area contributed by atoms with Crippen molar-refractivity contribution in [2.75, 3.05) is 11.9 Å². The lowest BCUT2D eigenvalue weighted by Gasteiger charge is -2.11. The molecule has 0 aliphatic carbocycles. The van der Waals surface area contributed by atoms with Crippen molar-refractivity contribution in [3.8, 4) is 5.69 Å². The van der Waals surface area contributed by atoms with Gasteiger partial charge in [0.25, 0.3) is 0 Å². The highest BCUT2D eigenvalue weighted by atomic mass is 19.4. The Labute approximate surface area is 117 Å². The van der Waals surface area contributed by atoms with Crippen molar-refractivity contribution in [3.05, 3.63) is 30.1 Å². The Bertz CT molecular complexity index is 625. The van der Waals surface area contributed by atoms with Gasteiger partial charge in [-0.25, -0.2) is 9.48 Å². The number of aryl methyl sites for hydroxylation is 1. The SMILES string of the molecule is Cc1ccc(NC(=O)NCC(F)(F)F)cc1-n1cnnn1. The first-order valence-electron chi connectivity index (χ1n) is 5.81. The molecular weight excluding hydrogens is 289 g/mol. The van der Waals surface area contributed by atoms with Crippen molar-refractivity contribution in [1.82, 2.24) is 25.5 Å². The van der Waals surface area contributed by atoms with E-state index in [1.165, 1.54) is 11.0 Å². The van der Waals surface area contributed by atoms with Gasteiger partial charge in [0, 0.05) is 5.69 Å². The van der Waals surface area contributed by atoms with E-state index in [1.54, 1.807) is 23.5 Å². The molecule has 1 aromatic heterocycles. The number of tetrazole rings is 1. The minimum atomic E-state index is -4.46. The molecule has 7 nitrogen and oxygen atoms in total. The fourth-order valence-electron chi connectivity index (χ4n) is 1.56. The number of alkyl halides is 3. The van der Waals surface area contributed by atoms with Crippen molar-refractivity contribution in [3.63, 3.8) is 0 Å². The van der Waals surface area contributed by atoms with Crippen LogP contribution in [-0.4, -0.2) is 39.0 Å². The highest BCUT2D eigenvalue weighted by Gasteiger charge is 2.27. The summed E-state index contributed by atoms with van der Waals surface area (Å²) < 4.78 is 37.4. The van der Waals surface area contributed by atoms with Gasteiger partial charge in [-0.05, 0) is 35.0 Å². The summed E-state index contributed by atoms with van der Waals surface area (Å²) in [7, 11) is 0. The zero-order chi connectivity index (χ0) is 15.5. The molecule has 0 bridgehead atoms. The quantitative estimate of drug-likeness (QED) is 0.902. The second kappa shape index (κ2) is 5.77. The molecule has 1 aromatic carbocycles. The molecule has 0 saturated heterocycles. The second-order valence-electron chi connectivity index (χ2n) is 4.18. The van der Waals surface area contributed by atoms with Crippen LogP contribution in [-0.2, 0) is 0 Å². The molecule has 112 valence electrons. The van der Waals surface area contributed by atoms with Gasteiger partial charge >= 0.3 is 12.2 Å². The van der Waals surface area contributed by atoms with E-state index >= 15 is 0 Å². The van der Waals surface area contributed by atoms with Crippen molar-refractivity contribution < 1.29 is 18.0 Å². The molecule has 10 heteroatoms. The number of halogens is 3. The van der Waals surface area contributed by atoms with E-state index in [1.807, 2.05) is 6.92 Å². The number of urea groups is 1. The molecule has 0 aliphatic rings. The number of hydrogen-bond donors (Lipinski definition) is 2. The molecule has 0 unspecified atom stereocenters. The Kier molecular flexibility index (Phi) is 4.05. The lowest BCUT2D eigenvalue weighted by atomic mass is 10.2. The monoisotopic (exact) mass is 300 g/mol. The van der Waals surface area contributed by atoms with Gasteiger partial charge in [0.05, 0.1) is 5.69 Å². The minimum Gasteiger partial charge on any atom is -0.329 e. The zero-order valence-corrected chi connectivity index (χ0v) is 10.8. The number of carbonyl (C=O) groups is 1. The lowest BCUT2D eigenvalue weighted by Crippen LogP contribution is -2.36. The Hall–Kier alpha value is -2.65. The van der Waals surface area contributed by atoms with Gasteiger partial charge in [-0.2, -0.15) is 13.2 Å². The Morgan fingerprint density at radius 3 is 2.76 bits per heavy atom. The second-order valence-corrected chi connectivity index (χ2v) is 4.18. The van der Waals surface area contributed by atoms with Crippen LogP contribution in [0.25, 0.3) is 5.69 Å². The first kappa shape index (κ1) is 14.8. The van der Waals surface area contributed by atoms with Gasteiger partial charge in [-0.1, -0.05) is 6.07 Å². The number of rotatable bonds is 3. The van der Waals surface area contributed by atoms with Crippen LogP contribution in [0.2, 0.25) is 0 Å². The van der Waals surface area contributed by atoms with Crippen molar-refractivity contribution in [2.24, 2.45) is 0 Å². The summed E-state index contributed by atoms with van der Waals surface area (Å²) in [6.07, 6.45) is -3.09. The van der Waals surface area contributed by atoms with Crippen LogP contribution in [0.4, 0.5) is 23.7 Å². The van der Waals surface area contributed by atoms with Crippen LogP contribution in [0.5, 0.6) is 0 Å². The van der Waals surface area contributed by atoms with Crippen molar-refractivity contribution >= 4 is 11.7 Å². The van der Waals surface area contributed by atoms with E-state index in [0.717, 1.165) is 5.56 Å². The number of anilines is 1. The number of nitrogens with one attached hydrogen (secondary N) is 2. The first-order chi connectivity index (χ1) is 9.85. The molecule has 2 aromatic rings. The highest BCUT2D eigenvalue weighted by Crippen LogP contribution is 2.18. The molecule has 2 amide bonds. The fourth-order valence-corrected chi connectivity index (χ4v) is 1.56. The smallest absolute Gasteiger partial charge is 0.329 e. The topological polar surface area (TPSA) is 84.7 Å². The summed E-state index contributed by atoms with van der Waals surface area (Å²) in [5.41, 5.74) is 1.77. The maximum Gasteiger partial charge on any atom is 0.405 e. The average molecular weight is 300 g/mol. The Morgan fingerprint density at radius 2 is 2.14 bits per heavy atom. The van der Waals surface area contributed by atoms with E-state index in [-0.39, 0.29) is 0 Å². The van der Waals surface area contributed by atoms with Crippen LogP contribution in [0.1, 0.15) is 5.56 Å². The molecule has 0 aliphatic heterocycles. The first-order valence-corrected chi connectivity index (χ1v) is 5.81. The van der Waals surface area contributed by atoms with Crippen LogP contribution in [0.3, 0.4) is 0 Å². The Morgan fingerprint density at radius 1 is 1.38 bits per heavy atom. The number of benzene rings is 1. The lowest BCUT2D eigenvalue weighted by molar-refractivity contribution is -0.122. The van der Waals surface area contributed by atoms with Gasteiger partial charge < -0.3 is 10.6 Å². The number of amides is 2. The van der Waals surface area contributed by atoms with E-state index in [2.05, 4.69) is 20.8 Å². The third-order valence-electron chi connectivity index (χ3n) is 2.51. The van der Waals surface area contributed by atoms with Gasteiger partial charge in [-0.15, -0.1) is 5.10 Å². The van der Waals surface area contributed by atoms with Crippen LogP contribution < -0.4 is 10.6 Å². The van der Waals surface area contributed by atoms with Gasteiger partial charge in [-0.3, -0.25) is 0 Å². The molecule has 0 saturated carbocycles. The summed E-state index contributed by atoms with van der Waals surface area (Å²) in [6, 6.07) is 3.87. The molecule has 0 fully saturated rings. The normalized spacial score (nSPS) is 11.2. The molecule has 0 spiro atoms. The van der Waals surface area contributed by atoms with Crippen molar-refractivity contribution in [1.29, 1.82) is 0 Å². The largest absolute Gasteiger partial charge is 0.405 e. The molecule has 2 N–H and O–H groups in total. The Balaban J connectivity index is 2.08. The number of nitrogens with zero attached hydrogens (tertiary/aromatic N) is 4. The number of aromatic nitrogens is 4. The standard InChI is InChI=1S/C11H11F3N6O/c1-7-2-3-8(4-9(7)20-6-16-18-19-20)17-10(21)15-5-11(12,13)14/h2-4,6H,5H2,1H3,(H2,15,17,21). The van der Waals surface area contributed by atoms with Crippen LogP contribution in [0.15, 0.2) is 24.5 Å². The maximum atomic E-state index is 12.0. The van der Waals surface area contributed by atoms with E-state index in [4.69, 9.17) is 0 Å². The zero-order valence-electron chi connectivity index (χ0n) is 10.8. The minimum absolute atomic E-state index is 0.325. The van der Waals surface area contributed by atoms with Gasteiger partial charge in [0.15, 0.2) is 0 Å². The molecular formula is C11H11F3N6O. The highest BCUT2D eigenvalue weighted by molar-refractivity contribution is 5.89. The maximum absolute atomic E-state index is 12.0. The van der Waals surface area contributed by atoms with E-state index in [0.29, 0.717) is 11.4 Å². The molecule has 0 radical (unpaired) electrons. The summed E-state index contributed by atoms with van der Waals surface area (Å²) in [6.45, 7) is 0.412.